The van der Waals surface area contributed by atoms with Gasteiger partial charge in [-0.25, -0.2) is 18.7 Å². The van der Waals surface area contributed by atoms with E-state index in [1.807, 2.05) is 18.2 Å². The molecule has 1 aromatic heterocycles. The fraction of sp³-hybridized carbons (Fsp3) is 0.409. The number of allylic oxidation sites excluding steroid dienone is 2. The molecule has 3 rings (SSSR count). The van der Waals surface area contributed by atoms with E-state index in [1.54, 1.807) is 6.20 Å². The highest BCUT2D eigenvalue weighted by molar-refractivity contribution is 5.81. The Hall–Kier alpha value is -2.63. The number of halogens is 2. The third kappa shape index (κ3) is 5.21. The predicted molar refractivity (Wildman–Crippen MR) is 107 cm³/mol. The molecule has 0 saturated heterocycles. The fourth-order valence-corrected chi connectivity index (χ4v) is 3.28. The summed E-state index contributed by atoms with van der Waals surface area (Å²) < 4.78 is 30.8. The number of ether oxygens (including phenoxy) is 1. The molecular weight excluding hydrogens is 360 g/mol. The summed E-state index contributed by atoms with van der Waals surface area (Å²) in [6.45, 7) is 6.36. The lowest BCUT2D eigenvalue weighted by Crippen LogP contribution is -2.07. The van der Waals surface area contributed by atoms with E-state index < -0.39 is 13.0 Å². The molecule has 2 aromatic rings. The van der Waals surface area contributed by atoms with Crippen LogP contribution in [0.1, 0.15) is 32.0 Å². The van der Waals surface area contributed by atoms with Crippen LogP contribution in [-0.2, 0) is 12.8 Å². The monoisotopic (exact) mass is 385 g/mol. The summed E-state index contributed by atoms with van der Waals surface area (Å²) >= 11 is 0. The third-order valence-electron chi connectivity index (χ3n) is 4.29. The summed E-state index contributed by atoms with van der Waals surface area (Å²) in [5.74, 6) is 0.881. The summed E-state index contributed by atoms with van der Waals surface area (Å²) in [6, 6.07) is 6.08. The van der Waals surface area contributed by atoms with Crippen LogP contribution in [0.5, 0.6) is 5.75 Å². The van der Waals surface area contributed by atoms with E-state index in [4.69, 9.17) is 4.74 Å². The van der Waals surface area contributed by atoms with Gasteiger partial charge in [-0.1, -0.05) is 45.0 Å². The van der Waals surface area contributed by atoms with Gasteiger partial charge in [0.1, 0.15) is 12.1 Å². The molecule has 0 atom stereocenters. The van der Waals surface area contributed by atoms with Gasteiger partial charge in [0.15, 0.2) is 0 Å². The Morgan fingerprint density at radius 2 is 2.11 bits per heavy atom. The van der Waals surface area contributed by atoms with Crippen molar-refractivity contribution in [2.45, 2.75) is 40.0 Å². The van der Waals surface area contributed by atoms with E-state index in [-0.39, 0.29) is 5.41 Å². The first kappa shape index (κ1) is 20.1. The second kappa shape index (κ2) is 8.59. The van der Waals surface area contributed by atoms with E-state index in [2.05, 4.69) is 41.8 Å². The van der Waals surface area contributed by atoms with Crippen molar-refractivity contribution < 1.29 is 13.5 Å². The minimum atomic E-state index is -2.45. The van der Waals surface area contributed by atoms with Crippen molar-refractivity contribution in [3.63, 3.8) is 0 Å². The topological polar surface area (TPSA) is 47.4 Å². The Labute approximate surface area is 164 Å². The Kier molecular flexibility index (Phi) is 6.17. The molecule has 1 aromatic carbocycles. The summed E-state index contributed by atoms with van der Waals surface area (Å²) in [5, 5.41) is 0. The van der Waals surface area contributed by atoms with Gasteiger partial charge >= 0.3 is 0 Å². The lowest BCUT2D eigenvalue weighted by atomic mass is 9.91. The quantitative estimate of drug-likeness (QED) is 0.663. The largest absolute Gasteiger partial charge is 0.492 e. The van der Waals surface area contributed by atoms with E-state index in [0.29, 0.717) is 13.0 Å². The number of rotatable bonds is 6. The minimum Gasteiger partial charge on any atom is -0.492 e. The molecule has 28 heavy (non-hydrogen) atoms. The Bertz CT molecular complexity index is 886. The van der Waals surface area contributed by atoms with Crippen LogP contribution in [0.25, 0.3) is 11.1 Å². The highest BCUT2D eigenvalue weighted by Gasteiger charge is 2.20. The molecule has 1 aliphatic rings. The lowest BCUT2D eigenvalue weighted by Gasteiger charge is -2.16. The number of aliphatic imine (C=N–C) groups is 1. The van der Waals surface area contributed by atoms with E-state index in [1.165, 1.54) is 18.1 Å². The van der Waals surface area contributed by atoms with Gasteiger partial charge in [-0.15, -0.1) is 0 Å². The minimum absolute atomic E-state index is 0.115. The van der Waals surface area contributed by atoms with E-state index >= 15 is 0 Å². The zero-order valence-electron chi connectivity index (χ0n) is 16.5. The number of para-hydroxylation sites is 1. The highest BCUT2D eigenvalue weighted by atomic mass is 19.3. The molecule has 0 unspecified atom stereocenters. The van der Waals surface area contributed by atoms with Crippen molar-refractivity contribution in [1.29, 1.82) is 0 Å². The molecule has 0 N–H and O–H groups in total. The number of fused-ring (bicyclic) bond motifs is 1. The number of benzene rings is 1. The van der Waals surface area contributed by atoms with Crippen molar-refractivity contribution in [3.05, 3.63) is 53.6 Å². The second-order valence-electron chi connectivity index (χ2n) is 7.92. The Morgan fingerprint density at radius 3 is 2.86 bits per heavy atom. The van der Waals surface area contributed by atoms with Gasteiger partial charge in [0.25, 0.3) is 6.43 Å². The normalized spacial score (nSPS) is 14.6. The maximum absolute atomic E-state index is 12.5. The van der Waals surface area contributed by atoms with Gasteiger partial charge in [0, 0.05) is 36.4 Å². The van der Waals surface area contributed by atoms with Gasteiger partial charge in [-0.3, -0.25) is 4.99 Å². The zero-order chi connectivity index (χ0) is 20.1. The van der Waals surface area contributed by atoms with E-state index in [9.17, 15) is 8.78 Å². The first-order chi connectivity index (χ1) is 13.3. The van der Waals surface area contributed by atoms with Gasteiger partial charge in [0.2, 0.25) is 0 Å². The summed E-state index contributed by atoms with van der Waals surface area (Å²) in [7, 11) is 0. The maximum atomic E-state index is 12.5. The van der Waals surface area contributed by atoms with Crippen molar-refractivity contribution in [3.8, 4) is 16.9 Å². The molecule has 0 fully saturated rings. The smallest absolute Gasteiger partial charge is 0.257 e. The van der Waals surface area contributed by atoms with Crippen molar-refractivity contribution in [2.75, 3.05) is 13.2 Å². The summed E-state index contributed by atoms with van der Waals surface area (Å²) in [4.78, 5) is 12.6. The van der Waals surface area contributed by atoms with Crippen LogP contribution in [0.4, 0.5) is 8.78 Å². The van der Waals surface area contributed by atoms with Gasteiger partial charge in [-0.05, 0) is 16.6 Å². The molecule has 0 saturated carbocycles. The van der Waals surface area contributed by atoms with Gasteiger partial charge in [0.05, 0.1) is 18.8 Å². The molecule has 0 bridgehead atoms. The zero-order valence-corrected chi connectivity index (χ0v) is 16.5. The van der Waals surface area contributed by atoms with Crippen LogP contribution in [-0.4, -0.2) is 35.8 Å². The molecule has 2 heterocycles. The fourth-order valence-electron chi connectivity index (χ4n) is 3.28. The third-order valence-corrected chi connectivity index (χ3v) is 4.29. The number of nitrogens with zero attached hydrogens (tertiary/aromatic N) is 3. The molecule has 148 valence electrons. The van der Waals surface area contributed by atoms with Crippen LogP contribution in [0.15, 0.2) is 47.4 Å². The Balaban J connectivity index is 1.96. The van der Waals surface area contributed by atoms with E-state index in [0.717, 1.165) is 34.6 Å². The molecule has 0 amide bonds. The average molecular weight is 385 g/mol. The molecule has 0 spiro atoms. The standard InChI is InChI=1S/C22H25F2N3O/c1-22(2,3)10-15(11-25-13-20(23)24)9-19-18(12-26-14-27-19)17-6-4-5-16-7-8-28-21(16)17/h4-6,10-12,14,20H,7-9,13H2,1-3H3/b15-10-,25-11?. The number of alkyl halides is 2. The van der Waals surface area contributed by atoms with Crippen molar-refractivity contribution in [2.24, 2.45) is 10.4 Å². The summed E-state index contributed by atoms with van der Waals surface area (Å²) in [6.07, 6.45) is 5.78. The van der Waals surface area contributed by atoms with Gasteiger partial charge < -0.3 is 4.74 Å². The molecule has 6 heteroatoms. The lowest BCUT2D eigenvalue weighted by molar-refractivity contribution is 0.159. The van der Waals surface area contributed by atoms with Crippen molar-refractivity contribution >= 4 is 6.21 Å². The first-order valence-corrected chi connectivity index (χ1v) is 9.37. The number of hydrogen-bond acceptors (Lipinski definition) is 4. The van der Waals surface area contributed by atoms with Crippen molar-refractivity contribution in [1.82, 2.24) is 9.97 Å². The van der Waals surface area contributed by atoms with Gasteiger partial charge in [-0.2, -0.15) is 0 Å². The second-order valence-corrected chi connectivity index (χ2v) is 7.92. The first-order valence-electron chi connectivity index (χ1n) is 9.37. The van der Waals surface area contributed by atoms with Crippen LogP contribution in [0, 0.1) is 5.41 Å². The Morgan fingerprint density at radius 1 is 1.29 bits per heavy atom. The van der Waals surface area contributed by atoms with Crippen LogP contribution in [0.2, 0.25) is 0 Å². The molecule has 1 aliphatic heterocycles. The SMILES string of the molecule is CC(C)(C)/C=C(\C=NCC(F)F)Cc1ncncc1-c1cccc2c1OCC2. The summed E-state index contributed by atoms with van der Waals surface area (Å²) in [5.41, 5.74) is 4.58. The van der Waals surface area contributed by atoms with Crippen LogP contribution < -0.4 is 4.74 Å². The molecule has 4 nitrogen and oxygen atoms in total. The molecular formula is C22H25F2N3O. The maximum Gasteiger partial charge on any atom is 0.257 e. The number of hydrogen-bond donors (Lipinski definition) is 0. The highest BCUT2D eigenvalue weighted by Crippen LogP contribution is 2.38. The molecule has 0 radical (unpaired) electrons. The number of aromatic nitrogens is 2. The predicted octanol–water partition coefficient (Wildman–Crippen LogP) is 4.93. The average Bonchev–Trinajstić information content (AvgIpc) is 3.09. The van der Waals surface area contributed by atoms with Crippen LogP contribution >= 0.6 is 0 Å². The molecule has 0 aliphatic carbocycles. The van der Waals surface area contributed by atoms with Crippen LogP contribution in [0.3, 0.4) is 0 Å².